The molecule has 0 aliphatic carbocycles. The fourth-order valence-electron chi connectivity index (χ4n) is 2.21. The first kappa shape index (κ1) is 16.4. The maximum atomic E-state index is 5.87. The summed E-state index contributed by atoms with van der Waals surface area (Å²) in [6.45, 7) is 4.65. The zero-order valence-corrected chi connectivity index (χ0v) is 13.5. The molecule has 2 aromatic rings. The first-order chi connectivity index (χ1) is 10.8. The summed E-state index contributed by atoms with van der Waals surface area (Å²) in [5.41, 5.74) is 2.36. The van der Waals surface area contributed by atoms with Gasteiger partial charge in [-0.3, -0.25) is 0 Å². The van der Waals surface area contributed by atoms with Crippen molar-refractivity contribution in [2.24, 2.45) is 0 Å². The molecule has 0 fully saturated rings. The molecule has 2 rings (SSSR count). The van der Waals surface area contributed by atoms with Crippen LogP contribution in [0.1, 0.15) is 30.9 Å². The van der Waals surface area contributed by atoms with Gasteiger partial charge in [-0.1, -0.05) is 49.7 Å². The van der Waals surface area contributed by atoms with Crippen molar-refractivity contribution in [1.29, 1.82) is 0 Å². The number of ether oxygens (including phenoxy) is 2. The molecule has 0 radical (unpaired) electrons. The molecule has 0 aromatic heterocycles. The molecule has 3 heteroatoms. The minimum Gasteiger partial charge on any atom is -0.493 e. The summed E-state index contributed by atoms with van der Waals surface area (Å²) in [6.07, 6.45) is 2.41. The molecule has 1 N–H and O–H groups in total. The number of methoxy groups -OCH3 is 1. The third-order valence-electron chi connectivity index (χ3n) is 3.50. The molecule has 0 atom stereocenters. The van der Waals surface area contributed by atoms with Crippen LogP contribution in [0.2, 0.25) is 0 Å². The molecular formula is C19H25NO2. The molecule has 2 aromatic carbocycles. The normalized spacial score (nSPS) is 10.5. The zero-order valence-electron chi connectivity index (χ0n) is 13.5. The summed E-state index contributed by atoms with van der Waals surface area (Å²) in [5.74, 6) is 1.56. The van der Waals surface area contributed by atoms with Crippen LogP contribution in [0.25, 0.3) is 0 Å². The quantitative estimate of drug-likeness (QED) is 0.705. The SMILES string of the molecule is CCCCNCc1ccc(OCc2ccccc2)c(OC)c1. The van der Waals surface area contributed by atoms with Gasteiger partial charge in [-0.2, -0.15) is 0 Å². The third kappa shape index (κ3) is 5.08. The Kier molecular flexibility index (Phi) is 6.78. The predicted octanol–water partition coefficient (Wildman–Crippen LogP) is 4.16. The molecule has 0 bridgehead atoms. The smallest absolute Gasteiger partial charge is 0.161 e. The highest BCUT2D eigenvalue weighted by Crippen LogP contribution is 2.28. The lowest BCUT2D eigenvalue weighted by Gasteiger charge is -2.12. The minimum absolute atomic E-state index is 0.547. The van der Waals surface area contributed by atoms with Crippen LogP contribution < -0.4 is 14.8 Å². The Hall–Kier alpha value is -2.00. The summed E-state index contributed by atoms with van der Waals surface area (Å²) >= 11 is 0. The van der Waals surface area contributed by atoms with E-state index in [0.29, 0.717) is 6.61 Å². The van der Waals surface area contributed by atoms with E-state index >= 15 is 0 Å². The second-order valence-corrected chi connectivity index (χ2v) is 5.29. The molecule has 0 saturated heterocycles. The molecule has 0 spiro atoms. The maximum absolute atomic E-state index is 5.87. The second kappa shape index (κ2) is 9.11. The van der Waals surface area contributed by atoms with Crippen LogP contribution >= 0.6 is 0 Å². The van der Waals surface area contributed by atoms with Gasteiger partial charge in [0.15, 0.2) is 11.5 Å². The van der Waals surface area contributed by atoms with Crippen LogP contribution in [0.4, 0.5) is 0 Å². The lowest BCUT2D eigenvalue weighted by Crippen LogP contribution is -2.14. The zero-order chi connectivity index (χ0) is 15.6. The number of rotatable bonds is 9. The Morgan fingerprint density at radius 2 is 1.77 bits per heavy atom. The molecule has 0 amide bonds. The van der Waals surface area contributed by atoms with Crippen molar-refractivity contribution in [2.45, 2.75) is 32.9 Å². The van der Waals surface area contributed by atoms with Crippen LogP contribution in [0, 0.1) is 0 Å². The monoisotopic (exact) mass is 299 g/mol. The van der Waals surface area contributed by atoms with E-state index in [2.05, 4.69) is 30.4 Å². The standard InChI is InChI=1S/C19H25NO2/c1-3-4-12-20-14-17-10-11-18(19(13-17)21-2)22-15-16-8-6-5-7-9-16/h5-11,13,20H,3-4,12,14-15H2,1-2H3. The highest BCUT2D eigenvalue weighted by molar-refractivity contribution is 5.43. The van der Waals surface area contributed by atoms with E-state index in [1.165, 1.54) is 18.4 Å². The lowest BCUT2D eigenvalue weighted by molar-refractivity contribution is 0.284. The van der Waals surface area contributed by atoms with Gasteiger partial charge in [-0.15, -0.1) is 0 Å². The number of benzene rings is 2. The van der Waals surface area contributed by atoms with Crippen molar-refractivity contribution in [3.05, 3.63) is 59.7 Å². The Labute approximate surface area is 133 Å². The van der Waals surface area contributed by atoms with Crippen LogP contribution in [-0.4, -0.2) is 13.7 Å². The Balaban J connectivity index is 1.93. The Bertz CT molecular complexity index is 555. The Morgan fingerprint density at radius 3 is 2.50 bits per heavy atom. The number of nitrogens with one attached hydrogen (secondary N) is 1. The van der Waals surface area contributed by atoms with Crippen molar-refractivity contribution in [1.82, 2.24) is 5.32 Å². The van der Waals surface area contributed by atoms with Gasteiger partial charge >= 0.3 is 0 Å². The van der Waals surface area contributed by atoms with E-state index in [1.807, 2.05) is 30.3 Å². The van der Waals surface area contributed by atoms with Crippen LogP contribution in [0.15, 0.2) is 48.5 Å². The van der Waals surface area contributed by atoms with Crippen LogP contribution in [-0.2, 0) is 13.2 Å². The van der Waals surface area contributed by atoms with Crippen molar-refractivity contribution < 1.29 is 9.47 Å². The second-order valence-electron chi connectivity index (χ2n) is 5.29. The van der Waals surface area contributed by atoms with Crippen LogP contribution in [0.3, 0.4) is 0 Å². The van der Waals surface area contributed by atoms with E-state index in [9.17, 15) is 0 Å². The van der Waals surface area contributed by atoms with Gasteiger partial charge in [0, 0.05) is 6.54 Å². The average Bonchev–Trinajstić information content (AvgIpc) is 2.58. The minimum atomic E-state index is 0.547. The van der Waals surface area contributed by atoms with E-state index in [-0.39, 0.29) is 0 Å². The van der Waals surface area contributed by atoms with Crippen LogP contribution in [0.5, 0.6) is 11.5 Å². The van der Waals surface area contributed by atoms with E-state index in [4.69, 9.17) is 9.47 Å². The molecule has 0 heterocycles. The number of hydrogen-bond donors (Lipinski definition) is 1. The van der Waals surface area contributed by atoms with E-state index in [1.54, 1.807) is 7.11 Å². The summed E-state index contributed by atoms with van der Waals surface area (Å²) in [5, 5.41) is 3.43. The topological polar surface area (TPSA) is 30.5 Å². The first-order valence-electron chi connectivity index (χ1n) is 7.88. The molecule has 3 nitrogen and oxygen atoms in total. The van der Waals surface area contributed by atoms with Gasteiger partial charge in [0.2, 0.25) is 0 Å². The Morgan fingerprint density at radius 1 is 0.955 bits per heavy atom. The summed E-state index contributed by atoms with van der Waals surface area (Å²) < 4.78 is 11.3. The number of hydrogen-bond acceptors (Lipinski definition) is 3. The maximum Gasteiger partial charge on any atom is 0.161 e. The largest absolute Gasteiger partial charge is 0.493 e. The van der Waals surface area contributed by atoms with Crippen molar-refractivity contribution in [2.75, 3.05) is 13.7 Å². The molecule has 22 heavy (non-hydrogen) atoms. The summed E-state index contributed by atoms with van der Waals surface area (Å²) in [7, 11) is 1.68. The predicted molar refractivity (Wildman–Crippen MR) is 90.4 cm³/mol. The molecule has 118 valence electrons. The van der Waals surface area contributed by atoms with Crippen molar-refractivity contribution >= 4 is 0 Å². The molecule has 0 saturated carbocycles. The van der Waals surface area contributed by atoms with Crippen molar-refractivity contribution in [3.8, 4) is 11.5 Å². The summed E-state index contributed by atoms with van der Waals surface area (Å²) in [6, 6.07) is 16.3. The van der Waals surface area contributed by atoms with Gasteiger partial charge in [0.05, 0.1) is 7.11 Å². The molecule has 0 aliphatic rings. The highest BCUT2D eigenvalue weighted by atomic mass is 16.5. The van der Waals surface area contributed by atoms with E-state index in [0.717, 1.165) is 30.2 Å². The first-order valence-corrected chi connectivity index (χ1v) is 7.88. The average molecular weight is 299 g/mol. The third-order valence-corrected chi connectivity index (χ3v) is 3.50. The van der Waals surface area contributed by atoms with Gasteiger partial charge < -0.3 is 14.8 Å². The van der Waals surface area contributed by atoms with E-state index < -0.39 is 0 Å². The molecule has 0 unspecified atom stereocenters. The summed E-state index contributed by atoms with van der Waals surface area (Å²) in [4.78, 5) is 0. The fourth-order valence-corrected chi connectivity index (χ4v) is 2.21. The van der Waals surface area contributed by atoms with Gasteiger partial charge in [0.25, 0.3) is 0 Å². The number of unbranched alkanes of at least 4 members (excludes halogenated alkanes) is 1. The lowest BCUT2D eigenvalue weighted by atomic mass is 10.2. The van der Waals surface area contributed by atoms with Gasteiger partial charge in [-0.25, -0.2) is 0 Å². The fraction of sp³-hybridized carbons (Fsp3) is 0.368. The van der Waals surface area contributed by atoms with Crippen molar-refractivity contribution in [3.63, 3.8) is 0 Å². The van der Waals surface area contributed by atoms with Gasteiger partial charge in [-0.05, 0) is 36.2 Å². The molecule has 0 aliphatic heterocycles. The highest BCUT2D eigenvalue weighted by Gasteiger charge is 2.06. The molecular weight excluding hydrogens is 274 g/mol. The van der Waals surface area contributed by atoms with Gasteiger partial charge in [0.1, 0.15) is 6.61 Å².